The van der Waals surface area contributed by atoms with Crippen LogP contribution in [0.4, 0.5) is 0 Å². The topological polar surface area (TPSA) is 66.6 Å². The molecule has 98 valence electrons. The summed E-state index contributed by atoms with van der Waals surface area (Å²) in [4.78, 5) is 13.9. The number of β-amino-alcohol motifs (C(OH)–C–C–N with tert-alkyl or cyclic N) is 1. The zero-order chi connectivity index (χ0) is 13.2. The van der Waals surface area contributed by atoms with E-state index in [1.165, 1.54) is 0 Å². The fourth-order valence-electron chi connectivity index (χ4n) is 2.24. The molecule has 1 aromatic carbocycles. The quantitative estimate of drug-likeness (QED) is 0.827. The number of nitrogens with two attached hydrogens (primary N) is 1. The molecule has 0 unspecified atom stereocenters. The van der Waals surface area contributed by atoms with Crippen molar-refractivity contribution < 1.29 is 9.90 Å². The lowest BCUT2D eigenvalue weighted by molar-refractivity contribution is -0.0826. The second-order valence-electron chi connectivity index (χ2n) is 4.98. The van der Waals surface area contributed by atoms with Gasteiger partial charge < -0.3 is 15.7 Å². The maximum atomic E-state index is 12.2. The fourth-order valence-corrected chi connectivity index (χ4v) is 2.24. The molecule has 0 aliphatic carbocycles. The molecule has 1 aliphatic rings. The van der Waals surface area contributed by atoms with Crippen molar-refractivity contribution in [3.8, 4) is 0 Å². The standard InChI is InChI=1S/C14H20N2O2/c1-2-14(18)9-16(10-14)13(17)12-5-3-4-11(8-12)6-7-15/h3-5,8,18H,2,6-7,9-10,15H2,1H3. The normalized spacial score (nSPS) is 17.4. The van der Waals surface area contributed by atoms with Gasteiger partial charge in [0.2, 0.25) is 0 Å². The molecule has 1 heterocycles. The van der Waals surface area contributed by atoms with E-state index in [1.54, 1.807) is 4.90 Å². The maximum Gasteiger partial charge on any atom is 0.254 e. The lowest BCUT2D eigenvalue weighted by Gasteiger charge is -2.46. The number of aliphatic hydroxyl groups is 1. The van der Waals surface area contributed by atoms with Gasteiger partial charge in [0, 0.05) is 5.56 Å². The van der Waals surface area contributed by atoms with Gasteiger partial charge in [0.15, 0.2) is 0 Å². The van der Waals surface area contributed by atoms with Crippen molar-refractivity contribution >= 4 is 5.91 Å². The van der Waals surface area contributed by atoms with Crippen molar-refractivity contribution in [3.63, 3.8) is 0 Å². The summed E-state index contributed by atoms with van der Waals surface area (Å²) >= 11 is 0. The van der Waals surface area contributed by atoms with E-state index in [2.05, 4.69) is 0 Å². The Hall–Kier alpha value is -1.39. The van der Waals surface area contributed by atoms with Crippen LogP contribution in [0, 0.1) is 0 Å². The van der Waals surface area contributed by atoms with Crippen LogP contribution >= 0.6 is 0 Å². The van der Waals surface area contributed by atoms with Gasteiger partial charge >= 0.3 is 0 Å². The molecule has 0 aromatic heterocycles. The molecule has 18 heavy (non-hydrogen) atoms. The third-order valence-corrected chi connectivity index (χ3v) is 3.52. The second-order valence-corrected chi connectivity index (χ2v) is 4.98. The number of amides is 1. The lowest BCUT2D eigenvalue weighted by Crippen LogP contribution is -2.63. The van der Waals surface area contributed by atoms with Crippen LogP contribution < -0.4 is 5.73 Å². The van der Waals surface area contributed by atoms with Crippen molar-refractivity contribution in [2.45, 2.75) is 25.4 Å². The van der Waals surface area contributed by atoms with Gasteiger partial charge in [-0.3, -0.25) is 4.79 Å². The number of hydrogen-bond acceptors (Lipinski definition) is 3. The summed E-state index contributed by atoms with van der Waals surface area (Å²) in [5.74, 6) is -0.00741. The van der Waals surface area contributed by atoms with Crippen molar-refractivity contribution in [1.29, 1.82) is 0 Å². The summed E-state index contributed by atoms with van der Waals surface area (Å²) in [6, 6.07) is 7.55. The number of likely N-dealkylation sites (tertiary alicyclic amines) is 1. The Bertz CT molecular complexity index is 439. The molecule has 4 nitrogen and oxygen atoms in total. The first-order valence-electron chi connectivity index (χ1n) is 6.38. The highest BCUT2D eigenvalue weighted by Gasteiger charge is 2.42. The minimum absolute atomic E-state index is 0.00741. The van der Waals surface area contributed by atoms with Gasteiger partial charge in [-0.15, -0.1) is 0 Å². The van der Waals surface area contributed by atoms with Gasteiger partial charge in [0.25, 0.3) is 5.91 Å². The second kappa shape index (κ2) is 5.08. The van der Waals surface area contributed by atoms with Crippen LogP contribution in [0.5, 0.6) is 0 Å². The summed E-state index contributed by atoms with van der Waals surface area (Å²) in [5, 5.41) is 9.91. The summed E-state index contributed by atoms with van der Waals surface area (Å²) < 4.78 is 0. The van der Waals surface area contributed by atoms with Crippen LogP contribution in [0.1, 0.15) is 29.3 Å². The number of carbonyl (C=O) groups is 1. The number of carbonyl (C=O) groups excluding carboxylic acids is 1. The first kappa shape index (κ1) is 13.1. The smallest absolute Gasteiger partial charge is 0.254 e. The molecule has 0 bridgehead atoms. The SMILES string of the molecule is CCC1(O)CN(C(=O)c2cccc(CCN)c2)C1. The van der Waals surface area contributed by atoms with Crippen LogP contribution in [0.15, 0.2) is 24.3 Å². The van der Waals surface area contributed by atoms with E-state index in [1.807, 2.05) is 31.2 Å². The number of nitrogens with zero attached hydrogens (tertiary/aromatic N) is 1. The van der Waals surface area contributed by atoms with E-state index in [0.29, 0.717) is 31.6 Å². The Balaban J connectivity index is 2.04. The minimum Gasteiger partial charge on any atom is -0.386 e. The number of benzene rings is 1. The Kier molecular flexibility index (Phi) is 3.68. The van der Waals surface area contributed by atoms with Gasteiger partial charge in [-0.25, -0.2) is 0 Å². The molecule has 4 heteroatoms. The van der Waals surface area contributed by atoms with E-state index in [0.717, 1.165) is 12.0 Å². The third-order valence-electron chi connectivity index (χ3n) is 3.52. The van der Waals surface area contributed by atoms with Crippen molar-refractivity contribution in [1.82, 2.24) is 4.90 Å². The molecular formula is C14H20N2O2. The summed E-state index contributed by atoms with van der Waals surface area (Å²) in [5.41, 5.74) is 6.59. The van der Waals surface area contributed by atoms with E-state index in [9.17, 15) is 9.90 Å². The highest BCUT2D eigenvalue weighted by atomic mass is 16.3. The molecule has 1 saturated heterocycles. The molecule has 0 saturated carbocycles. The lowest BCUT2D eigenvalue weighted by atomic mass is 9.90. The maximum absolute atomic E-state index is 12.2. The van der Waals surface area contributed by atoms with E-state index < -0.39 is 5.60 Å². The predicted molar refractivity (Wildman–Crippen MR) is 70.3 cm³/mol. The summed E-state index contributed by atoms with van der Waals surface area (Å²) in [6.45, 7) is 3.38. The highest BCUT2D eigenvalue weighted by molar-refractivity contribution is 5.95. The molecule has 1 fully saturated rings. The fraction of sp³-hybridized carbons (Fsp3) is 0.500. The summed E-state index contributed by atoms with van der Waals surface area (Å²) in [6.07, 6.45) is 1.46. The van der Waals surface area contributed by atoms with Gasteiger partial charge in [0.05, 0.1) is 18.7 Å². The molecular weight excluding hydrogens is 228 g/mol. The van der Waals surface area contributed by atoms with Gasteiger partial charge in [-0.05, 0) is 37.1 Å². The van der Waals surface area contributed by atoms with E-state index in [-0.39, 0.29) is 5.91 Å². The number of rotatable bonds is 4. The molecule has 0 spiro atoms. The zero-order valence-electron chi connectivity index (χ0n) is 10.7. The molecule has 3 N–H and O–H groups in total. The Morgan fingerprint density at radius 1 is 1.50 bits per heavy atom. The third kappa shape index (κ3) is 2.54. The molecule has 1 aliphatic heterocycles. The molecule has 2 rings (SSSR count). The minimum atomic E-state index is -0.676. The first-order valence-corrected chi connectivity index (χ1v) is 6.38. The number of hydrogen-bond donors (Lipinski definition) is 2. The van der Waals surface area contributed by atoms with Crippen LogP contribution in [-0.2, 0) is 6.42 Å². The van der Waals surface area contributed by atoms with Gasteiger partial charge in [-0.1, -0.05) is 19.1 Å². The molecule has 0 radical (unpaired) electrons. The first-order chi connectivity index (χ1) is 8.58. The Morgan fingerprint density at radius 3 is 2.83 bits per heavy atom. The molecule has 1 aromatic rings. The average molecular weight is 248 g/mol. The monoisotopic (exact) mass is 248 g/mol. The van der Waals surface area contributed by atoms with Crippen LogP contribution in [-0.4, -0.2) is 41.1 Å². The Labute approximate surface area is 107 Å². The van der Waals surface area contributed by atoms with Crippen LogP contribution in [0.2, 0.25) is 0 Å². The highest BCUT2D eigenvalue weighted by Crippen LogP contribution is 2.25. The van der Waals surface area contributed by atoms with Crippen LogP contribution in [0.3, 0.4) is 0 Å². The van der Waals surface area contributed by atoms with E-state index in [4.69, 9.17) is 5.73 Å². The zero-order valence-corrected chi connectivity index (χ0v) is 10.7. The van der Waals surface area contributed by atoms with Crippen molar-refractivity contribution in [2.24, 2.45) is 5.73 Å². The van der Waals surface area contributed by atoms with Crippen molar-refractivity contribution in [2.75, 3.05) is 19.6 Å². The Morgan fingerprint density at radius 2 is 2.22 bits per heavy atom. The average Bonchev–Trinajstić information content (AvgIpc) is 2.35. The van der Waals surface area contributed by atoms with Gasteiger partial charge in [0.1, 0.15) is 0 Å². The summed E-state index contributed by atoms with van der Waals surface area (Å²) in [7, 11) is 0. The molecule has 0 atom stereocenters. The predicted octanol–water partition coefficient (Wildman–Crippen LogP) is 0.785. The largest absolute Gasteiger partial charge is 0.386 e. The van der Waals surface area contributed by atoms with E-state index >= 15 is 0 Å². The van der Waals surface area contributed by atoms with Gasteiger partial charge in [-0.2, -0.15) is 0 Å². The van der Waals surface area contributed by atoms with Crippen LogP contribution in [0.25, 0.3) is 0 Å². The molecule has 1 amide bonds. The van der Waals surface area contributed by atoms with Crippen molar-refractivity contribution in [3.05, 3.63) is 35.4 Å².